The van der Waals surface area contributed by atoms with Crippen LogP contribution in [0.1, 0.15) is 30.2 Å². The van der Waals surface area contributed by atoms with Crippen molar-refractivity contribution in [3.63, 3.8) is 0 Å². The van der Waals surface area contributed by atoms with Crippen LogP contribution in [0.5, 0.6) is 0 Å². The van der Waals surface area contributed by atoms with Crippen molar-refractivity contribution in [3.05, 3.63) is 46.3 Å². The minimum absolute atomic E-state index is 0.0586. The fourth-order valence-corrected chi connectivity index (χ4v) is 1.51. The monoisotopic (exact) mass is 255 g/mol. The van der Waals surface area contributed by atoms with Gasteiger partial charge in [-0.1, -0.05) is 29.7 Å². The van der Waals surface area contributed by atoms with E-state index in [-0.39, 0.29) is 5.02 Å². The van der Waals surface area contributed by atoms with Crippen LogP contribution in [0.25, 0.3) is 0 Å². The Bertz CT molecular complexity index is 529. The third-order valence-corrected chi connectivity index (χ3v) is 2.67. The van der Waals surface area contributed by atoms with Gasteiger partial charge in [-0.25, -0.2) is 4.39 Å². The van der Waals surface area contributed by atoms with Crippen LogP contribution >= 0.6 is 11.6 Å². The highest BCUT2D eigenvalue weighted by Crippen LogP contribution is 2.22. The number of nitrogens with zero attached hydrogens (tertiary/aromatic N) is 2. The molecule has 1 atom stereocenters. The second kappa shape index (κ2) is 4.81. The topological polar surface area (TPSA) is 64.9 Å². The maximum Gasteiger partial charge on any atom is 0.226 e. The van der Waals surface area contributed by atoms with Crippen molar-refractivity contribution in [1.82, 2.24) is 10.1 Å². The molecule has 0 saturated carbocycles. The van der Waals surface area contributed by atoms with Crippen molar-refractivity contribution in [2.24, 2.45) is 5.73 Å². The van der Waals surface area contributed by atoms with Gasteiger partial charge in [0, 0.05) is 6.42 Å². The smallest absolute Gasteiger partial charge is 0.226 e. The lowest BCUT2D eigenvalue weighted by Crippen LogP contribution is -2.13. The summed E-state index contributed by atoms with van der Waals surface area (Å²) >= 11 is 5.59. The second-order valence-corrected chi connectivity index (χ2v) is 3.96. The van der Waals surface area contributed by atoms with Gasteiger partial charge in [-0.2, -0.15) is 4.98 Å². The zero-order valence-corrected chi connectivity index (χ0v) is 9.91. The number of hydrogen-bond donors (Lipinski definition) is 1. The first kappa shape index (κ1) is 12.0. The van der Waals surface area contributed by atoms with Gasteiger partial charge in [0.2, 0.25) is 5.89 Å². The summed E-state index contributed by atoms with van der Waals surface area (Å²) in [6.07, 6.45) is 0.634. The quantitative estimate of drug-likeness (QED) is 0.915. The molecule has 1 unspecified atom stereocenters. The van der Waals surface area contributed by atoms with Gasteiger partial charge in [0.15, 0.2) is 5.82 Å². The van der Waals surface area contributed by atoms with E-state index in [0.29, 0.717) is 23.7 Å². The van der Waals surface area contributed by atoms with Crippen molar-refractivity contribution in [2.45, 2.75) is 19.4 Å². The van der Waals surface area contributed by atoms with Gasteiger partial charge in [0.25, 0.3) is 0 Å². The van der Waals surface area contributed by atoms with Gasteiger partial charge in [-0.05, 0) is 17.7 Å². The molecular formula is C11H11ClFN3O. The average Bonchev–Trinajstić information content (AvgIpc) is 2.80. The summed E-state index contributed by atoms with van der Waals surface area (Å²) in [5, 5.41) is 3.81. The lowest BCUT2D eigenvalue weighted by Gasteiger charge is -2.07. The molecule has 4 nitrogen and oxygen atoms in total. The van der Waals surface area contributed by atoms with Crippen LogP contribution < -0.4 is 5.73 Å². The standard InChI is InChI=1S/C11H11ClFN3O/c1-2-9-15-11(16-17-9)10(14)6-3-4-7(12)8(13)5-6/h3-5,10H,2,14H2,1H3. The largest absolute Gasteiger partial charge is 0.339 e. The van der Waals surface area contributed by atoms with Crippen molar-refractivity contribution in [1.29, 1.82) is 0 Å². The maximum atomic E-state index is 13.3. The van der Waals surface area contributed by atoms with Crippen LogP contribution in [-0.4, -0.2) is 10.1 Å². The van der Waals surface area contributed by atoms with E-state index in [0.717, 1.165) is 0 Å². The maximum absolute atomic E-state index is 13.3. The molecule has 2 N–H and O–H groups in total. The minimum atomic E-state index is -0.620. The predicted molar refractivity (Wildman–Crippen MR) is 61.1 cm³/mol. The summed E-state index contributed by atoms with van der Waals surface area (Å²) in [6, 6.07) is 3.74. The fourth-order valence-electron chi connectivity index (χ4n) is 1.39. The Balaban J connectivity index is 2.29. The van der Waals surface area contributed by atoms with Gasteiger partial charge in [-0.15, -0.1) is 0 Å². The predicted octanol–water partition coefficient (Wildman–Crippen LogP) is 2.47. The lowest BCUT2D eigenvalue weighted by atomic mass is 10.1. The molecular weight excluding hydrogens is 245 g/mol. The van der Waals surface area contributed by atoms with Crippen LogP contribution in [0.3, 0.4) is 0 Å². The van der Waals surface area contributed by atoms with Crippen LogP contribution in [0, 0.1) is 5.82 Å². The first-order valence-electron chi connectivity index (χ1n) is 5.14. The fraction of sp³-hybridized carbons (Fsp3) is 0.273. The molecule has 2 rings (SSSR count). The Labute approximate surface area is 103 Å². The van der Waals surface area contributed by atoms with Crippen LogP contribution in [0.15, 0.2) is 22.7 Å². The molecule has 17 heavy (non-hydrogen) atoms. The van der Waals surface area contributed by atoms with Crippen molar-refractivity contribution in [3.8, 4) is 0 Å². The lowest BCUT2D eigenvalue weighted by molar-refractivity contribution is 0.375. The van der Waals surface area contributed by atoms with Crippen LogP contribution in [0.4, 0.5) is 4.39 Å². The van der Waals surface area contributed by atoms with E-state index >= 15 is 0 Å². The van der Waals surface area contributed by atoms with E-state index in [1.54, 1.807) is 6.07 Å². The normalized spacial score (nSPS) is 12.7. The third kappa shape index (κ3) is 2.45. The molecule has 0 spiro atoms. The van der Waals surface area contributed by atoms with Gasteiger partial charge in [0.05, 0.1) is 11.1 Å². The van der Waals surface area contributed by atoms with Crippen LogP contribution in [-0.2, 0) is 6.42 Å². The molecule has 0 amide bonds. The highest BCUT2D eigenvalue weighted by atomic mass is 35.5. The molecule has 0 aliphatic rings. The number of benzene rings is 1. The number of nitrogens with two attached hydrogens (primary N) is 1. The second-order valence-electron chi connectivity index (χ2n) is 3.55. The molecule has 0 aliphatic heterocycles. The van der Waals surface area contributed by atoms with E-state index in [1.807, 2.05) is 6.92 Å². The molecule has 0 aliphatic carbocycles. The summed E-state index contributed by atoms with van der Waals surface area (Å²) in [7, 11) is 0. The van der Waals surface area contributed by atoms with E-state index < -0.39 is 11.9 Å². The molecule has 0 fully saturated rings. The minimum Gasteiger partial charge on any atom is -0.339 e. The molecule has 0 bridgehead atoms. The molecule has 2 aromatic rings. The number of rotatable bonds is 3. The number of aryl methyl sites for hydroxylation is 1. The molecule has 1 aromatic carbocycles. The third-order valence-electron chi connectivity index (χ3n) is 2.37. The Morgan fingerprint density at radius 1 is 1.53 bits per heavy atom. The zero-order chi connectivity index (χ0) is 12.4. The molecule has 6 heteroatoms. The Morgan fingerprint density at radius 3 is 2.88 bits per heavy atom. The van der Waals surface area contributed by atoms with E-state index in [9.17, 15) is 4.39 Å². The molecule has 0 saturated heterocycles. The Hall–Kier alpha value is -1.46. The summed E-state index contributed by atoms with van der Waals surface area (Å²) in [5.74, 6) is 0.326. The van der Waals surface area contributed by atoms with Gasteiger partial charge in [-0.3, -0.25) is 0 Å². The van der Waals surface area contributed by atoms with Crippen molar-refractivity contribution < 1.29 is 8.91 Å². The zero-order valence-electron chi connectivity index (χ0n) is 9.15. The summed E-state index contributed by atoms with van der Waals surface area (Å²) < 4.78 is 18.2. The highest BCUT2D eigenvalue weighted by molar-refractivity contribution is 6.30. The van der Waals surface area contributed by atoms with E-state index in [2.05, 4.69) is 10.1 Å². The summed E-state index contributed by atoms with van der Waals surface area (Å²) in [6.45, 7) is 1.89. The molecule has 1 heterocycles. The van der Waals surface area contributed by atoms with E-state index in [4.69, 9.17) is 21.9 Å². The summed E-state index contributed by atoms with van der Waals surface area (Å²) in [4.78, 5) is 4.10. The first-order chi connectivity index (χ1) is 8.11. The molecule has 0 radical (unpaired) electrons. The number of halogens is 2. The van der Waals surface area contributed by atoms with Crippen molar-refractivity contribution in [2.75, 3.05) is 0 Å². The van der Waals surface area contributed by atoms with Gasteiger partial charge >= 0.3 is 0 Å². The van der Waals surface area contributed by atoms with Crippen molar-refractivity contribution >= 4 is 11.6 Å². The molecule has 90 valence electrons. The average molecular weight is 256 g/mol. The first-order valence-corrected chi connectivity index (χ1v) is 5.52. The number of hydrogen-bond acceptors (Lipinski definition) is 4. The Morgan fingerprint density at radius 2 is 2.29 bits per heavy atom. The number of aromatic nitrogens is 2. The van der Waals surface area contributed by atoms with E-state index in [1.165, 1.54) is 12.1 Å². The summed E-state index contributed by atoms with van der Waals surface area (Å²) in [5.41, 5.74) is 6.46. The van der Waals surface area contributed by atoms with Gasteiger partial charge in [0.1, 0.15) is 5.82 Å². The van der Waals surface area contributed by atoms with Crippen LogP contribution in [0.2, 0.25) is 5.02 Å². The molecule has 1 aromatic heterocycles. The SMILES string of the molecule is CCc1nc(C(N)c2ccc(Cl)c(F)c2)no1. The highest BCUT2D eigenvalue weighted by Gasteiger charge is 2.16. The Kier molecular flexibility index (Phi) is 3.40. The van der Waals surface area contributed by atoms with Gasteiger partial charge < -0.3 is 10.3 Å².